The van der Waals surface area contributed by atoms with Crippen LogP contribution in [0.4, 0.5) is 0 Å². The highest BCUT2D eigenvalue weighted by Gasteiger charge is 2.33. The third-order valence-electron chi connectivity index (χ3n) is 4.67. The van der Waals surface area contributed by atoms with Gasteiger partial charge in [0.05, 0.1) is 77.2 Å². The van der Waals surface area contributed by atoms with E-state index in [2.05, 4.69) is 5.32 Å². The van der Waals surface area contributed by atoms with Gasteiger partial charge in [-0.15, -0.1) is 0 Å². The smallest absolute Gasteiger partial charge is 0.308 e. The zero-order valence-electron chi connectivity index (χ0n) is 25.9. The molecule has 0 aliphatic rings. The minimum absolute atomic E-state index is 0.00712. The third-order valence-corrected chi connectivity index (χ3v) is 4.67. The predicted octanol–water partition coefficient (Wildman–Crippen LogP) is 1.91. The van der Waals surface area contributed by atoms with Crippen LogP contribution in [0.1, 0.15) is 81.6 Å². The van der Waals surface area contributed by atoms with Crippen molar-refractivity contribution in [3.63, 3.8) is 0 Å². The summed E-state index contributed by atoms with van der Waals surface area (Å²) < 4.78 is 33.3. The maximum Gasteiger partial charge on any atom is 0.308 e. The first-order valence-electron chi connectivity index (χ1n) is 13.7. The molecule has 0 radical (unpaired) electrons. The van der Waals surface area contributed by atoms with Gasteiger partial charge in [-0.25, -0.2) is 0 Å². The summed E-state index contributed by atoms with van der Waals surface area (Å²) in [6, 6.07) is 0. The number of aliphatic hydroxyl groups excluding tert-OH is 2. The fourth-order valence-corrected chi connectivity index (χ4v) is 3.12. The van der Waals surface area contributed by atoms with E-state index in [-0.39, 0.29) is 65.4 Å². The molecule has 12 nitrogen and oxygen atoms in total. The zero-order chi connectivity index (χ0) is 31.0. The maximum absolute atomic E-state index is 12.1. The van der Waals surface area contributed by atoms with Gasteiger partial charge < -0.3 is 44.0 Å². The number of carbonyl (C=O) groups excluding carboxylic acids is 3. The quantitative estimate of drug-likeness (QED) is 0.116. The van der Waals surface area contributed by atoms with Crippen LogP contribution in [-0.4, -0.2) is 109 Å². The summed E-state index contributed by atoms with van der Waals surface area (Å²) in [6.07, 6.45) is -1.01. The molecule has 0 rings (SSSR count). The molecule has 0 saturated heterocycles. The van der Waals surface area contributed by atoms with Crippen molar-refractivity contribution in [2.24, 2.45) is 0 Å². The van der Waals surface area contributed by atoms with E-state index in [4.69, 9.17) is 28.4 Å². The first-order valence-corrected chi connectivity index (χ1v) is 13.7. The zero-order valence-corrected chi connectivity index (χ0v) is 25.9. The molecule has 3 N–H and O–H groups in total. The van der Waals surface area contributed by atoms with E-state index in [1.165, 1.54) is 0 Å². The van der Waals surface area contributed by atoms with Crippen LogP contribution in [0, 0.1) is 0 Å². The molecule has 0 aliphatic heterocycles. The van der Waals surface area contributed by atoms with Crippen molar-refractivity contribution in [1.29, 1.82) is 0 Å². The van der Waals surface area contributed by atoms with E-state index in [9.17, 15) is 24.6 Å². The van der Waals surface area contributed by atoms with Crippen molar-refractivity contribution in [2.45, 2.75) is 110 Å². The average molecular weight is 580 g/mol. The summed E-state index contributed by atoms with van der Waals surface area (Å²) in [7, 11) is 0. The number of β-amino-alcohol motifs (C(OH)–C–C–N with tert-alkyl or cyclic N) is 1. The fourth-order valence-electron chi connectivity index (χ4n) is 3.12. The highest BCUT2D eigenvalue weighted by Crippen LogP contribution is 2.14. The van der Waals surface area contributed by atoms with Gasteiger partial charge in [0.2, 0.25) is 0 Å². The SMILES string of the molecule is CC(C)(C)OC(=O)CCOCC(COCCC(=O)OC(C)(C)C)(COCCC(=O)OC(C)(C)C)NCC(O)CO. The second kappa shape index (κ2) is 17.9. The molecule has 0 amide bonds. The number of carbonyl (C=O) groups is 3. The minimum atomic E-state index is -1.07. The Labute approximate surface area is 239 Å². The van der Waals surface area contributed by atoms with Crippen LogP contribution in [-0.2, 0) is 42.8 Å². The first kappa shape index (κ1) is 38.2. The molecular weight excluding hydrogens is 526 g/mol. The van der Waals surface area contributed by atoms with Crippen molar-refractivity contribution in [1.82, 2.24) is 5.32 Å². The Bertz CT molecular complexity index is 662. The fraction of sp³-hybridized carbons (Fsp3) is 0.893. The Kier molecular flexibility index (Phi) is 17.0. The van der Waals surface area contributed by atoms with Crippen LogP contribution in [0.3, 0.4) is 0 Å². The number of esters is 3. The summed E-state index contributed by atoms with van der Waals surface area (Å²) in [5.74, 6) is -1.24. The Morgan fingerprint density at radius 3 is 1.18 bits per heavy atom. The minimum Gasteiger partial charge on any atom is -0.460 e. The van der Waals surface area contributed by atoms with Gasteiger partial charge in [-0.2, -0.15) is 0 Å². The number of aliphatic hydroxyl groups is 2. The van der Waals surface area contributed by atoms with Crippen molar-refractivity contribution < 1.29 is 53.0 Å². The molecule has 236 valence electrons. The van der Waals surface area contributed by atoms with E-state index >= 15 is 0 Å². The molecular formula is C28H53NO11. The lowest BCUT2D eigenvalue weighted by Crippen LogP contribution is -2.58. The maximum atomic E-state index is 12.1. The van der Waals surface area contributed by atoms with Crippen LogP contribution in [0.15, 0.2) is 0 Å². The molecule has 0 aromatic carbocycles. The van der Waals surface area contributed by atoms with E-state index in [1.807, 2.05) is 0 Å². The normalized spacial score (nSPS) is 13.6. The van der Waals surface area contributed by atoms with Crippen LogP contribution in [0.25, 0.3) is 0 Å². The van der Waals surface area contributed by atoms with Crippen LogP contribution in [0.2, 0.25) is 0 Å². The summed E-state index contributed by atoms with van der Waals surface area (Å²) in [5.41, 5.74) is -2.90. The molecule has 0 aliphatic carbocycles. The number of hydrogen-bond donors (Lipinski definition) is 3. The van der Waals surface area contributed by atoms with Gasteiger partial charge in [0.1, 0.15) is 16.8 Å². The molecule has 0 fully saturated rings. The van der Waals surface area contributed by atoms with Crippen molar-refractivity contribution in [3.8, 4) is 0 Å². The standard InChI is InChI=1S/C28H53NO11/c1-25(2,3)38-22(32)10-13-35-18-28(29-16-21(31)17-30,19-36-14-11-23(33)39-26(4,5)6)20-37-15-12-24(34)40-27(7,8)9/h21,29-31H,10-20H2,1-9H3. The second-order valence-electron chi connectivity index (χ2n) is 12.7. The van der Waals surface area contributed by atoms with E-state index in [0.717, 1.165) is 0 Å². The summed E-state index contributed by atoms with van der Waals surface area (Å²) in [5, 5.41) is 22.4. The van der Waals surface area contributed by atoms with E-state index in [0.29, 0.717) is 0 Å². The Morgan fingerprint density at radius 2 is 0.925 bits per heavy atom. The number of nitrogens with one attached hydrogen (secondary N) is 1. The molecule has 0 saturated carbocycles. The third kappa shape index (κ3) is 21.9. The lowest BCUT2D eigenvalue weighted by atomic mass is 10.0. The van der Waals surface area contributed by atoms with Crippen LogP contribution < -0.4 is 5.32 Å². The van der Waals surface area contributed by atoms with Crippen LogP contribution in [0.5, 0.6) is 0 Å². The largest absolute Gasteiger partial charge is 0.460 e. The van der Waals surface area contributed by atoms with Gasteiger partial charge in [-0.3, -0.25) is 14.4 Å². The van der Waals surface area contributed by atoms with E-state index in [1.54, 1.807) is 62.3 Å². The summed E-state index contributed by atoms with van der Waals surface area (Å²) >= 11 is 0. The first-order chi connectivity index (χ1) is 18.3. The molecule has 40 heavy (non-hydrogen) atoms. The topological polar surface area (TPSA) is 159 Å². The molecule has 0 spiro atoms. The van der Waals surface area contributed by atoms with Gasteiger partial charge in [0.25, 0.3) is 0 Å². The molecule has 1 unspecified atom stereocenters. The molecule has 12 heteroatoms. The Hall–Kier alpha value is -1.83. The molecule has 0 aromatic rings. The lowest BCUT2D eigenvalue weighted by Gasteiger charge is -2.35. The van der Waals surface area contributed by atoms with Crippen molar-refractivity contribution in [2.75, 3.05) is 52.8 Å². The highest BCUT2D eigenvalue weighted by atomic mass is 16.6. The summed E-state index contributed by atoms with van der Waals surface area (Å²) in [6.45, 7) is 15.6. The number of ether oxygens (including phenoxy) is 6. The van der Waals surface area contributed by atoms with Crippen molar-refractivity contribution >= 4 is 17.9 Å². The number of hydrogen-bond acceptors (Lipinski definition) is 12. The predicted molar refractivity (Wildman–Crippen MR) is 148 cm³/mol. The Morgan fingerprint density at radius 1 is 0.625 bits per heavy atom. The lowest BCUT2D eigenvalue weighted by molar-refractivity contribution is -0.157. The second-order valence-corrected chi connectivity index (χ2v) is 12.7. The van der Waals surface area contributed by atoms with Gasteiger partial charge in [-0.1, -0.05) is 0 Å². The summed E-state index contributed by atoms with van der Waals surface area (Å²) in [4.78, 5) is 36.2. The van der Waals surface area contributed by atoms with Gasteiger partial charge in [0, 0.05) is 6.54 Å². The molecule has 0 aromatic heterocycles. The van der Waals surface area contributed by atoms with Gasteiger partial charge in [0.15, 0.2) is 0 Å². The highest BCUT2D eigenvalue weighted by molar-refractivity contribution is 5.70. The van der Waals surface area contributed by atoms with Crippen LogP contribution >= 0.6 is 0 Å². The van der Waals surface area contributed by atoms with Crippen molar-refractivity contribution in [3.05, 3.63) is 0 Å². The van der Waals surface area contributed by atoms with Gasteiger partial charge in [-0.05, 0) is 62.3 Å². The molecule has 1 atom stereocenters. The molecule has 0 bridgehead atoms. The van der Waals surface area contributed by atoms with E-state index < -0.39 is 53.0 Å². The van der Waals surface area contributed by atoms with Gasteiger partial charge >= 0.3 is 17.9 Å². The molecule has 0 heterocycles. The monoisotopic (exact) mass is 579 g/mol. The number of rotatable bonds is 19. The average Bonchev–Trinajstić information content (AvgIpc) is 2.77. The Balaban J connectivity index is 5.34.